The normalized spacial score (nSPS) is 14.7. The molecule has 1 heterocycles. The number of thiophene rings is 1. The van der Waals surface area contributed by atoms with E-state index in [0.717, 1.165) is 37.0 Å². The number of benzene rings is 1. The van der Waals surface area contributed by atoms with E-state index in [1.807, 2.05) is 0 Å². The van der Waals surface area contributed by atoms with Gasteiger partial charge < -0.3 is 15.4 Å². The van der Waals surface area contributed by atoms with Gasteiger partial charge in [-0.25, -0.2) is 4.79 Å². The molecule has 1 aliphatic rings. The number of rotatable bonds is 5. The van der Waals surface area contributed by atoms with Crippen LogP contribution in [-0.2, 0) is 17.6 Å². The van der Waals surface area contributed by atoms with E-state index in [-0.39, 0.29) is 11.4 Å². The molecule has 35 heavy (non-hydrogen) atoms. The Bertz CT molecular complexity index is 1120. The lowest BCUT2D eigenvalue weighted by atomic mass is 10.0. The Morgan fingerprint density at radius 2 is 1.63 bits per heavy atom. The summed E-state index contributed by atoms with van der Waals surface area (Å²) in [6.07, 6.45) is -9.47. The molecule has 2 N–H and O–H groups in total. The smallest absolute Gasteiger partial charge is 0.439 e. The molecular weight excluding hydrogens is 545 g/mol. The van der Waals surface area contributed by atoms with Crippen molar-refractivity contribution in [3.8, 4) is 0 Å². The van der Waals surface area contributed by atoms with Crippen LogP contribution >= 0.6 is 34.5 Å². The summed E-state index contributed by atoms with van der Waals surface area (Å²) in [7, 11) is 0.970. The number of esters is 1. The van der Waals surface area contributed by atoms with E-state index in [4.69, 9.17) is 23.2 Å². The van der Waals surface area contributed by atoms with Gasteiger partial charge in [-0.2, -0.15) is 26.3 Å². The molecule has 0 spiro atoms. The highest BCUT2D eigenvalue weighted by molar-refractivity contribution is 7.16. The number of methoxy groups -OCH3 is 1. The Kier molecular flexibility index (Phi) is 7.88. The summed E-state index contributed by atoms with van der Waals surface area (Å²) in [6, 6.07) is 2.98. The van der Waals surface area contributed by atoms with Crippen molar-refractivity contribution in [2.45, 2.75) is 50.1 Å². The van der Waals surface area contributed by atoms with Gasteiger partial charge in [0.25, 0.3) is 5.91 Å². The molecule has 192 valence electrons. The van der Waals surface area contributed by atoms with E-state index in [1.54, 1.807) is 0 Å². The number of ether oxygens (including phenoxy) is 1. The fourth-order valence-electron chi connectivity index (χ4n) is 3.71. The van der Waals surface area contributed by atoms with Crippen LogP contribution in [0.5, 0.6) is 0 Å². The van der Waals surface area contributed by atoms with Crippen LogP contribution in [0.25, 0.3) is 0 Å². The molecule has 2 aromatic rings. The molecule has 1 aromatic carbocycles. The fraction of sp³-hybridized carbons (Fsp3) is 0.429. The van der Waals surface area contributed by atoms with Gasteiger partial charge in [0.15, 0.2) is 0 Å². The van der Waals surface area contributed by atoms with Crippen molar-refractivity contribution in [2.75, 3.05) is 12.4 Å². The molecule has 0 atom stereocenters. The highest BCUT2D eigenvalue weighted by atomic mass is 35.5. The molecule has 14 heteroatoms. The standard InChI is InChI=1S/C21H18Cl2F6N2O3S/c1-34-18(33)15-12-5-3-2-4-6-14(12)35-17(15)31-19(20(24,25)26,21(27,28)29)30-16(32)11-8-7-10(22)9-13(11)23/h7-9,31H,2-6H2,1H3,(H,30,32). The zero-order valence-corrected chi connectivity index (χ0v) is 20.3. The molecule has 1 aliphatic carbocycles. The van der Waals surface area contributed by atoms with Crippen molar-refractivity contribution < 1.29 is 40.7 Å². The van der Waals surface area contributed by atoms with Gasteiger partial charge in [0, 0.05) is 9.90 Å². The topological polar surface area (TPSA) is 67.4 Å². The number of hydrogen-bond donors (Lipinski definition) is 2. The van der Waals surface area contributed by atoms with E-state index in [1.165, 1.54) is 5.32 Å². The van der Waals surface area contributed by atoms with E-state index in [0.29, 0.717) is 41.0 Å². The maximum absolute atomic E-state index is 14.2. The molecule has 3 rings (SSSR count). The zero-order valence-electron chi connectivity index (χ0n) is 17.9. The Hall–Kier alpha value is -2.18. The minimum absolute atomic E-state index is 0.0189. The minimum Gasteiger partial charge on any atom is -0.465 e. The molecule has 5 nitrogen and oxygen atoms in total. The number of halogens is 8. The number of amides is 1. The first-order chi connectivity index (χ1) is 16.2. The molecule has 0 saturated heterocycles. The summed E-state index contributed by atoms with van der Waals surface area (Å²) in [5, 5.41) is 1.33. The second-order valence-electron chi connectivity index (χ2n) is 7.71. The molecular formula is C21H18Cl2F6N2O3S. The summed E-state index contributed by atoms with van der Waals surface area (Å²) in [4.78, 5) is 25.6. The first kappa shape index (κ1) is 27.4. The van der Waals surface area contributed by atoms with Crippen LogP contribution < -0.4 is 10.6 Å². The Balaban J connectivity index is 2.16. The van der Waals surface area contributed by atoms with Crippen LogP contribution in [0.4, 0.5) is 31.3 Å². The van der Waals surface area contributed by atoms with Gasteiger partial charge in [-0.15, -0.1) is 11.3 Å². The van der Waals surface area contributed by atoms with Crippen LogP contribution in [0.15, 0.2) is 18.2 Å². The van der Waals surface area contributed by atoms with E-state index < -0.39 is 51.0 Å². The molecule has 0 radical (unpaired) electrons. The Morgan fingerprint density at radius 3 is 2.20 bits per heavy atom. The fourth-order valence-corrected chi connectivity index (χ4v) is 5.53. The van der Waals surface area contributed by atoms with Crippen molar-refractivity contribution in [3.05, 3.63) is 49.8 Å². The largest absolute Gasteiger partial charge is 0.465 e. The van der Waals surface area contributed by atoms with Gasteiger partial charge in [-0.3, -0.25) is 4.79 Å². The van der Waals surface area contributed by atoms with Gasteiger partial charge in [-0.05, 0) is 49.4 Å². The lowest BCUT2D eigenvalue weighted by Crippen LogP contribution is -2.72. The number of alkyl halides is 6. The number of hydrogen-bond acceptors (Lipinski definition) is 5. The lowest BCUT2D eigenvalue weighted by Gasteiger charge is -2.38. The van der Waals surface area contributed by atoms with Crippen molar-refractivity contribution in [3.63, 3.8) is 0 Å². The van der Waals surface area contributed by atoms with Crippen LogP contribution in [-0.4, -0.2) is 37.0 Å². The number of aryl methyl sites for hydroxylation is 1. The highest BCUT2D eigenvalue weighted by Crippen LogP contribution is 2.47. The van der Waals surface area contributed by atoms with Gasteiger partial charge in [0.05, 0.1) is 23.3 Å². The predicted octanol–water partition coefficient (Wildman–Crippen LogP) is 6.77. The molecule has 1 amide bonds. The number of nitrogens with one attached hydrogen (secondary N) is 2. The molecule has 0 fully saturated rings. The minimum atomic E-state index is -6.09. The summed E-state index contributed by atoms with van der Waals surface area (Å²) in [5.41, 5.74) is -5.68. The van der Waals surface area contributed by atoms with Gasteiger partial charge in [0.2, 0.25) is 0 Å². The van der Waals surface area contributed by atoms with E-state index in [9.17, 15) is 35.9 Å². The molecule has 0 saturated carbocycles. The van der Waals surface area contributed by atoms with Crippen molar-refractivity contribution in [1.82, 2.24) is 5.32 Å². The summed E-state index contributed by atoms with van der Waals surface area (Å²) in [6.45, 7) is 0. The van der Waals surface area contributed by atoms with Crippen LogP contribution in [0, 0.1) is 0 Å². The number of carbonyl (C=O) groups is 2. The second-order valence-corrected chi connectivity index (χ2v) is 9.66. The third kappa shape index (κ3) is 5.34. The van der Waals surface area contributed by atoms with Crippen LogP contribution in [0.3, 0.4) is 0 Å². The number of carbonyl (C=O) groups excluding carboxylic acids is 2. The van der Waals surface area contributed by atoms with E-state index >= 15 is 0 Å². The first-order valence-corrected chi connectivity index (χ1v) is 11.7. The maximum Gasteiger partial charge on any atom is 0.439 e. The maximum atomic E-state index is 14.2. The quantitative estimate of drug-likeness (QED) is 0.182. The number of fused-ring (bicyclic) bond motifs is 1. The average Bonchev–Trinajstić information content (AvgIpc) is 2.91. The van der Waals surface area contributed by atoms with Gasteiger partial charge in [0.1, 0.15) is 5.00 Å². The molecule has 1 aromatic heterocycles. The summed E-state index contributed by atoms with van der Waals surface area (Å²) >= 11 is 12.1. The predicted molar refractivity (Wildman–Crippen MR) is 119 cm³/mol. The van der Waals surface area contributed by atoms with Gasteiger partial charge in [-0.1, -0.05) is 29.6 Å². The highest BCUT2D eigenvalue weighted by Gasteiger charge is 2.73. The van der Waals surface area contributed by atoms with E-state index in [2.05, 4.69) is 4.74 Å². The average molecular weight is 563 g/mol. The number of anilines is 1. The summed E-state index contributed by atoms with van der Waals surface area (Å²) < 4.78 is 89.8. The van der Waals surface area contributed by atoms with Crippen LogP contribution in [0.2, 0.25) is 10.0 Å². The van der Waals surface area contributed by atoms with Crippen molar-refractivity contribution in [2.24, 2.45) is 0 Å². The molecule has 0 bridgehead atoms. The summed E-state index contributed by atoms with van der Waals surface area (Å²) in [5.74, 6) is -2.84. The monoisotopic (exact) mass is 562 g/mol. The first-order valence-electron chi connectivity index (χ1n) is 10.1. The van der Waals surface area contributed by atoms with Crippen LogP contribution in [0.1, 0.15) is 50.4 Å². The van der Waals surface area contributed by atoms with Crippen molar-refractivity contribution >= 4 is 51.4 Å². The molecule has 0 aliphatic heterocycles. The molecule has 0 unspecified atom stereocenters. The Morgan fingerprint density at radius 1 is 1.00 bits per heavy atom. The second kappa shape index (κ2) is 10.1. The van der Waals surface area contributed by atoms with Gasteiger partial charge >= 0.3 is 24.0 Å². The third-order valence-corrected chi connectivity index (χ3v) is 7.19. The third-order valence-electron chi connectivity index (χ3n) is 5.44. The SMILES string of the molecule is COC(=O)c1c(NC(NC(=O)c2ccc(Cl)cc2Cl)(C(F)(F)F)C(F)(F)F)sc2c1CCCCC2. The lowest BCUT2D eigenvalue weighted by molar-refractivity contribution is -0.293. The Labute approximate surface area is 209 Å². The zero-order chi connectivity index (χ0) is 26.2. The van der Waals surface area contributed by atoms with Crippen molar-refractivity contribution in [1.29, 1.82) is 0 Å².